The van der Waals surface area contributed by atoms with Crippen molar-refractivity contribution in [1.82, 2.24) is 5.32 Å². The molecule has 0 saturated carbocycles. The number of amides is 1. The van der Waals surface area contributed by atoms with Crippen LogP contribution in [0.25, 0.3) is 0 Å². The summed E-state index contributed by atoms with van der Waals surface area (Å²) < 4.78 is 28.4. The molecule has 0 unspecified atom stereocenters. The molecule has 0 aliphatic heterocycles. The summed E-state index contributed by atoms with van der Waals surface area (Å²) in [6.07, 6.45) is -2.51. The van der Waals surface area contributed by atoms with E-state index in [4.69, 9.17) is 5.11 Å². The van der Waals surface area contributed by atoms with Crippen LogP contribution in [0.3, 0.4) is 0 Å². The minimum atomic E-state index is -2.51. The molecule has 0 spiro atoms. The highest BCUT2D eigenvalue weighted by atomic mass is 19.3. The van der Waals surface area contributed by atoms with E-state index in [-0.39, 0.29) is 25.7 Å². The van der Waals surface area contributed by atoms with Crippen LogP contribution < -0.4 is 5.32 Å². The molecule has 0 radical (unpaired) electrons. The van der Waals surface area contributed by atoms with E-state index in [1.54, 1.807) is 25.1 Å². The Bertz CT molecular complexity index is 535. The van der Waals surface area contributed by atoms with Crippen molar-refractivity contribution in [3.05, 3.63) is 34.9 Å². The van der Waals surface area contributed by atoms with Crippen molar-refractivity contribution in [2.24, 2.45) is 0 Å². The summed E-state index contributed by atoms with van der Waals surface area (Å²) in [4.78, 5) is 12.0. The first-order valence-electron chi connectivity index (χ1n) is 6.39. The number of carbonyl (C=O) groups is 1. The summed E-state index contributed by atoms with van der Waals surface area (Å²) in [5.74, 6) is 4.90. The maximum Gasteiger partial charge on any atom is 0.261 e. The number of carbonyl (C=O) groups excluding carboxylic acids is 1. The van der Waals surface area contributed by atoms with Gasteiger partial charge in [0.2, 0.25) is 0 Å². The molecule has 21 heavy (non-hydrogen) atoms. The van der Waals surface area contributed by atoms with Crippen LogP contribution in [0, 0.1) is 18.8 Å². The minimum absolute atomic E-state index is 0.0269. The molecular weight excluding hydrogens is 280 g/mol. The summed E-state index contributed by atoms with van der Waals surface area (Å²) in [7, 11) is 0. The molecule has 1 aromatic rings. The van der Waals surface area contributed by atoms with Gasteiger partial charge in [-0.05, 0) is 24.6 Å². The maximum atomic E-state index is 12.0. The third kappa shape index (κ3) is 6.34. The molecule has 0 aliphatic rings. The summed E-state index contributed by atoms with van der Waals surface area (Å²) in [6.45, 7) is 1.07. The molecular formula is C15H17F2NO3. The SMILES string of the molecule is Cc1ccc(C#CCO)cc1C(=O)NCCOCC(F)F. The Morgan fingerprint density at radius 1 is 1.48 bits per heavy atom. The van der Waals surface area contributed by atoms with E-state index >= 15 is 0 Å². The topological polar surface area (TPSA) is 58.6 Å². The highest BCUT2D eigenvalue weighted by molar-refractivity contribution is 5.96. The number of hydrogen-bond acceptors (Lipinski definition) is 3. The molecule has 0 bridgehead atoms. The molecule has 6 heteroatoms. The molecule has 0 atom stereocenters. The average molecular weight is 297 g/mol. The second-order valence-corrected chi connectivity index (χ2v) is 4.21. The minimum Gasteiger partial charge on any atom is -0.384 e. The quantitative estimate of drug-likeness (QED) is 0.615. The number of benzene rings is 1. The van der Waals surface area contributed by atoms with E-state index in [9.17, 15) is 13.6 Å². The molecule has 0 aromatic heterocycles. The van der Waals surface area contributed by atoms with E-state index in [1.807, 2.05) is 0 Å². The monoisotopic (exact) mass is 297 g/mol. The Balaban J connectivity index is 2.57. The molecule has 1 amide bonds. The van der Waals surface area contributed by atoms with Crippen LogP contribution >= 0.6 is 0 Å². The largest absolute Gasteiger partial charge is 0.384 e. The van der Waals surface area contributed by atoms with Gasteiger partial charge in [-0.2, -0.15) is 0 Å². The van der Waals surface area contributed by atoms with Crippen LogP contribution in [-0.2, 0) is 4.74 Å². The zero-order valence-corrected chi connectivity index (χ0v) is 11.7. The van der Waals surface area contributed by atoms with E-state index in [0.29, 0.717) is 11.1 Å². The van der Waals surface area contributed by atoms with Crippen LogP contribution in [0.5, 0.6) is 0 Å². The Labute approximate surface area is 122 Å². The van der Waals surface area contributed by atoms with Gasteiger partial charge in [-0.1, -0.05) is 17.9 Å². The van der Waals surface area contributed by atoms with Crippen molar-refractivity contribution in [3.63, 3.8) is 0 Å². The molecule has 0 aliphatic carbocycles. The van der Waals surface area contributed by atoms with Crippen molar-refractivity contribution < 1.29 is 23.4 Å². The van der Waals surface area contributed by atoms with Gasteiger partial charge in [-0.25, -0.2) is 8.78 Å². The number of ether oxygens (including phenoxy) is 1. The van der Waals surface area contributed by atoms with E-state index < -0.39 is 13.0 Å². The lowest BCUT2D eigenvalue weighted by molar-refractivity contribution is 0.0188. The normalized spacial score (nSPS) is 10.1. The number of aliphatic hydroxyl groups excluding tert-OH is 1. The van der Waals surface area contributed by atoms with Crippen LogP contribution in [0.2, 0.25) is 0 Å². The van der Waals surface area contributed by atoms with Gasteiger partial charge in [0.05, 0.1) is 6.61 Å². The third-order valence-electron chi connectivity index (χ3n) is 2.57. The molecule has 114 valence electrons. The number of aryl methyl sites for hydroxylation is 1. The molecule has 1 aromatic carbocycles. The molecule has 0 saturated heterocycles. The number of rotatable bonds is 6. The first-order chi connectivity index (χ1) is 10.0. The lowest BCUT2D eigenvalue weighted by Gasteiger charge is -2.08. The van der Waals surface area contributed by atoms with E-state index in [0.717, 1.165) is 5.56 Å². The van der Waals surface area contributed by atoms with Crippen LogP contribution in [0.15, 0.2) is 18.2 Å². The number of alkyl halides is 2. The van der Waals surface area contributed by atoms with Crippen molar-refractivity contribution in [2.75, 3.05) is 26.4 Å². The fourth-order valence-electron chi connectivity index (χ4n) is 1.59. The number of halogens is 2. The van der Waals surface area contributed by atoms with Gasteiger partial charge in [0.25, 0.3) is 12.3 Å². The van der Waals surface area contributed by atoms with Crippen LogP contribution in [-0.4, -0.2) is 43.8 Å². The van der Waals surface area contributed by atoms with Gasteiger partial charge in [0.1, 0.15) is 13.2 Å². The second kappa shape index (κ2) is 9.06. The highest BCUT2D eigenvalue weighted by Gasteiger charge is 2.09. The summed E-state index contributed by atoms with van der Waals surface area (Å²) in [5.41, 5.74) is 1.85. The lowest BCUT2D eigenvalue weighted by Crippen LogP contribution is -2.28. The Morgan fingerprint density at radius 3 is 2.90 bits per heavy atom. The van der Waals surface area contributed by atoms with Gasteiger partial charge >= 0.3 is 0 Å². The summed E-state index contributed by atoms with van der Waals surface area (Å²) >= 11 is 0. The smallest absolute Gasteiger partial charge is 0.261 e. The summed E-state index contributed by atoms with van der Waals surface area (Å²) in [6, 6.07) is 5.12. The first-order valence-corrected chi connectivity index (χ1v) is 6.39. The lowest BCUT2D eigenvalue weighted by atomic mass is 10.0. The Kier molecular flexibility index (Phi) is 7.37. The third-order valence-corrected chi connectivity index (χ3v) is 2.57. The predicted molar refractivity (Wildman–Crippen MR) is 74.3 cm³/mol. The van der Waals surface area contributed by atoms with E-state index in [1.165, 1.54) is 0 Å². The summed E-state index contributed by atoms with van der Waals surface area (Å²) in [5, 5.41) is 11.2. The van der Waals surface area contributed by atoms with Gasteiger partial charge < -0.3 is 15.2 Å². The second-order valence-electron chi connectivity index (χ2n) is 4.21. The highest BCUT2D eigenvalue weighted by Crippen LogP contribution is 2.10. The molecule has 0 fully saturated rings. The van der Waals surface area contributed by atoms with Crippen molar-refractivity contribution in [3.8, 4) is 11.8 Å². The molecule has 2 N–H and O–H groups in total. The standard InChI is InChI=1S/C15H17F2NO3/c1-11-4-5-12(3-2-7-19)9-13(11)15(20)18-6-8-21-10-14(16)17/h4-5,9,14,19H,6-8,10H2,1H3,(H,18,20). The van der Waals surface area contributed by atoms with Crippen molar-refractivity contribution in [1.29, 1.82) is 0 Å². The number of hydrogen-bond donors (Lipinski definition) is 2. The number of aliphatic hydroxyl groups is 1. The first kappa shape index (κ1) is 17.1. The van der Waals surface area contributed by atoms with E-state index in [2.05, 4.69) is 21.9 Å². The van der Waals surface area contributed by atoms with Crippen molar-refractivity contribution >= 4 is 5.91 Å². The average Bonchev–Trinajstić information content (AvgIpc) is 2.45. The van der Waals surface area contributed by atoms with Gasteiger partial charge in [-0.15, -0.1) is 0 Å². The molecule has 0 heterocycles. The fraction of sp³-hybridized carbons (Fsp3) is 0.400. The Morgan fingerprint density at radius 2 is 2.24 bits per heavy atom. The predicted octanol–water partition coefficient (Wildman–Crippen LogP) is 1.35. The van der Waals surface area contributed by atoms with Gasteiger partial charge in [-0.3, -0.25) is 4.79 Å². The molecule has 4 nitrogen and oxygen atoms in total. The Hall–Kier alpha value is -1.97. The van der Waals surface area contributed by atoms with Gasteiger partial charge in [0, 0.05) is 17.7 Å². The molecule has 1 rings (SSSR count). The van der Waals surface area contributed by atoms with Crippen molar-refractivity contribution in [2.45, 2.75) is 13.3 Å². The zero-order chi connectivity index (χ0) is 15.7. The fourth-order valence-corrected chi connectivity index (χ4v) is 1.59. The number of nitrogens with one attached hydrogen (secondary N) is 1. The van der Waals surface area contributed by atoms with Gasteiger partial charge in [0.15, 0.2) is 0 Å². The van der Waals surface area contributed by atoms with Crippen LogP contribution in [0.4, 0.5) is 8.78 Å². The zero-order valence-electron chi connectivity index (χ0n) is 11.7. The maximum absolute atomic E-state index is 12.0. The van der Waals surface area contributed by atoms with Crippen LogP contribution in [0.1, 0.15) is 21.5 Å².